The zero-order valence-electron chi connectivity index (χ0n) is 8.36. The van der Waals surface area contributed by atoms with Gasteiger partial charge >= 0.3 is 0 Å². The fourth-order valence-corrected chi connectivity index (χ4v) is 1.13. The topological polar surface area (TPSA) is 78.8 Å². The van der Waals surface area contributed by atoms with Gasteiger partial charge in [0.05, 0.1) is 6.20 Å². The molecule has 14 heavy (non-hydrogen) atoms. The molecule has 0 aliphatic rings. The van der Waals surface area contributed by atoms with Crippen LogP contribution in [0.4, 0.5) is 5.82 Å². The highest BCUT2D eigenvalue weighted by atomic mass is 15.2. The van der Waals surface area contributed by atoms with Gasteiger partial charge in [-0.25, -0.2) is 9.97 Å². The molecule has 0 aliphatic carbocycles. The Bertz CT molecular complexity index is 355. The van der Waals surface area contributed by atoms with Crippen molar-refractivity contribution in [3.05, 3.63) is 17.6 Å². The summed E-state index contributed by atoms with van der Waals surface area (Å²) in [5.74, 6) is 1.30. The van der Waals surface area contributed by atoms with Crippen LogP contribution in [0.3, 0.4) is 0 Å². The molecule has 0 saturated heterocycles. The van der Waals surface area contributed by atoms with E-state index in [0.717, 1.165) is 0 Å². The average Bonchev–Trinajstić information content (AvgIpc) is 2.18. The molecule has 0 aromatic carbocycles. The minimum Gasteiger partial charge on any atom is -0.357 e. The Kier molecular flexibility index (Phi) is 3.37. The van der Waals surface area contributed by atoms with Gasteiger partial charge in [-0.05, 0) is 6.92 Å². The van der Waals surface area contributed by atoms with Crippen molar-refractivity contribution in [2.75, 3.05) is 25.0 Å². The number of aryl methyl sites for hydroxylation is 1. The molecule has 0 aliphatic heterocycles. The lowest BCUT2D eigenvalue weighted by Gasteiger charge is -2.17. The van der Waals surface area contributed by atoms with Crippen molar-refractivity contribution in [1.29, 1.82) is 5.26 Å². The average molecular weight is 191 g/mol. The standard InChI is InChI=1S/C9H13N5/c1-7-12-6-8(5-11)9(13-7)14(2)4-3-10/h6H,3-4,10H2,1-2H3. The fourth-order valence-electron chi connectivity index (χ4n) is 1.13. The first-order valence-corrected chi connectivity index (χ1v) is 4.34. The molecule has 0 atom stereocenters. The summed E-state index contributed by atoms with van der Waals surface area (Å²) in [5, 5.41) is 8.84. The Labute approximate surface area is 83.2 Å². The molecule has 1 aromatic rings. The van der Waals surface area contributed by atoms with Crippen LogP contribution in [-0.2, 0) is 0 Å². The van der Waals surface area contributed by atoms with Crippen molar-refractivity contribution in [2.45, 2.75) is 6.92 Å². The van der Waals surface area contributed by atoms with E-state index in [2.05, 4.69) is 16.0 Å². The van der Waals surface area contributed by atoms with Crippen LogP contribution in [0.15, 0.2) is 6.20 Å². The Hall–Kier alpha value is -1.67. The molecule has 0 radical (unpaired) electrons. The van der Waals surface area contributed by atoms with E-state index >= 15 is 0 Å². The zero-order valence-corrected chi connectivity index (χ0v) is 8.36. The van der Waals surface area contributed by atoms with E-state index in [1.54, 1.807) is 6.92 Å². The first-order chi connectivity index (χ1) is 6.69. The second-order valence-corrected chi connectivity index (χ2v) is 2.98. The summed E-state index contributed by atoms with van der Waals surface area (Å²) >= 11 is 0. The van der Waals surface area contributed by atoms with Crippen molar-refractivity contribution in [3.8, 4) is 6.07 Å². The number of rotatable bonds is 3. The van der Waals surface area contributed by atoms with Crippen LogP contribution in [0.5, 0.6) is 0 Å². The molecular formula is C9H13N5. The van der Waals surface area contributed by atoms with Crippen LogP contribution < -0.4 is 10.6 Å². The summed E-state index contributed by atoms with van der Waals surface area (Å²) in [6.45, 7) is 3.00. The third-order valence-electron chi connectivity index (χ3n) is 1.84. The number of aromatic nitrogens is 2. The van der Waals surface area contributed by atoms with Crippen LogP contribution in [-0.4, -0.2) is 30.1 Å². The predicted molar refractivity (Wildman–Crippen MR) is 53.8 cm³/mol. The maximum atomic E-state index is 8.84. The molecule has 0 fully saturated rings. The summed E-state index contributed by atoms with van der Waals surface area (Å²) in [6.07, 6.45) is 1.53. The number of nitrogens with two attached hydrogens (primary N) is 1. The Morgan fingerprint density at radius 1 is 1.64 bits per heavy atom. The molecule has 0 bridgehead atoms. The highest BCUT2D eigenvalue weighted by molar-refractivity contribution is 5.52. The highest BCUT2D eigenvalue weighted by Crippen LogP contribution is 2.13. The number of hydrogen-bond acceptors (Lipinski definition) is 5. The lowest BCUT2D eigenvalue weighted by atomic mass is 10.3. The van der Waals surface area contributed by atoms with Gasteiger partial charge in [0.15, 0.2) is 0 Å². The van der Waals surface area contributed by atoms with Crippen LogP contribution in [0.2, 0.25) is 0 Å². The minimum atomic E-state index is 0.478. The molecular weight excluding hydrogens is 178 g/mol. The second kappa shape index (κ2) is 4.53. The third-order valence-corrected chi connectivity index (χ3v) is 1.84. The van der Waals surface area contributed by atoms with E-state index in [4.69, 9.17) is 11.0 Å². The van der Waals surface area contributed by atoms with Crippen molar-refractivity contribution >= 4 is 5.82 Å². The van der Waals surface area contributed by atoms with Gasteiger partial charge < -0.3 is 10.6 Å². The molecule has 1 aromatic heterocycles. The molecule has 0 unspecified atom stereocenters. The van der Waals surface area contributed by atoms with Crippen molar-refractivity contribution in [1.82, 2.24) is 9.97 Å². The van der Waals surface area contributed by atoms with Crippen LogP contribution in [0, 0.1) is 18.3 Å². The highest BCUT2D eigenvalue weighted by Gasteiger charge is 2.08. The molecule has 0 saturated carbocycles. The van der Waals surface area contributed by atoms with E-state index in [1.807, 2.05) is 11.9 Å². The third kappa shape index (κ3) is 2.18. The zero-order chi connectivity index (χ0) is 10.6. The van der Waals surface area contributed by atoms with Crippen molar-refractivity contribution in [2.24, 2.45) is 5.73 Å². The van der Waals surface area contributed by atoms with E-state index in [1.165, 1.54) is 6.20 Å². The number of hydrogen-bond donors (Lipinski definition) is 1. The van der Waals surface area contributed by atoms with Gasteiger partial charge in [-0.2, -0.15) is 5.26 Å². The summed E-state index contributed by atoms with van der Waals surface area (Å²) in [6, 6.07) is 2.05. The van der Waals surface area contributed by atoms with Crippen molar-refractivity contribution in [3.63, 3.8) is 0 Å². The quantitative estimate of drug-likeness (QED) is 0.730. The van der Waals surface area contributed by atoms with E-state index in [-0.39, 0.29) is 0 Å². The lowest BCUT2D eigenvalue weighted by molar-refractivity contribution is 0.853. The van der Waals surface area contributed by atoms with Crippen LogP contribution >= 0.6 is 0 Å². The Balaban J connectivity index is 3.05. The molecule has 2 N–H and O–H groups in total. The SMILES string of the molecule is Cc1ncc(C#N)c(N(C)CCN)n1. The summed E-state index contributed by atoms with van der Waals surface area (Å²) < 4.78 is 0. The Morgan fingerprint density at radius 2 is 2.36 bits per heavy atom. The maximum absolute atomic E-state index is 8.84. The number of nitrogens with zero attached hydrogens (tertiary/aromatic N) is 4. The molecule has 74 valence electrons. The van der Waals surface area contributed by atoms with Gasteiger partial charge in [0.25, 0.3) is 0 Å². The smallest absolute Gasteiger partial charge is 0.150 e. The van der Waals surface area contributed by atoms with Crippen LogP contribution in [0.25, 0.3) is 0 Å². The monoisotopic (exact) mass is 191 g/mol. The van der Waals surface area contributed by atoms with Gasteiger partial charge in [0.2, 0.25) is 0 Å². The number of nitriles is 1. The summed E-state index contributed by atoms with van der Waals surface area (Å²) in [4.78, 5) is 10.0. The predicted octanol–water partition coefficient (Wildman–Crippen LogP) is 0.0516. The number of likely N-dealkylation sites (N-methyl/N-ethyl adjacent to an activating group) is 1. The first kappa shape index (κ1) is 10.4. The van der Waals surface area contributed by atoms with Gasteiger partial charge in [-0.1, -0.05) is 0 Å². The van der Waals surface area contributed by atoms with E-state index in [9.17, 15) is 0 Å². The molecule has 1 heterocycles. The molecule has 1 rings (SSSR count). The van der Waals surface area contributed by atoms with Gasteiger partial charge in [0.1, 0.15) is 23.3 Å². The number of anilines is 1. The van der Waals surface area contributed by atoms with Gasteiger partial charge in [-0.3, -0.25) is 0 Å². The Morgan fingerprint density at radius 3 is 2.93 bits per heavy atom. The van der Waals surface area contributed by atoms with Crippen LogP contribution in [0.1, 0.15) is 11.4 Å². The second-order valence-electron chi connectivity index (χ2n) is 2.98. The van der Waals surface area contributed by atoms with E-state index in [0.29, 0.717) is 30.3 Å². The van der Waals surface area contributed by atoms with E-state index < -0.39 is 0 Å². The first-order valence-electron chi connectivity index (χ1n) is 4.34. The minimum absolute atomic E-state index is 0.478. The van der Waals surface area contributed by atoms with Gasteiger partial charge in [-0.15, -0.1) is 0 Å². The molecule has 5 nitrogen and oxygen atoms in total. The molecule has 0 spiro atoms. The summed E-state index contributed by atoms with van der Waals surface area (Å²) in [5.41, 5.74) is 5.91. The molecule has 0 amide bonds. The lowest BCUT2D eigenvalue weighted by Crippen LogP contribution is -2.26. The fraction of sp³-hybridized carbons (Fsp3) is 0.444. The maximum Gasteiger partial charge on any atom is 0.150 e. The summed E-state index contributed by atoms with van der Waals surface area (Å²) in [7, 11) is 1.86. The van der Waals surface area contributed by atoms with Crippen molar-refractivity contribution < 1.29 is 0 Å². The largest absolute Gasteiger partial charge is 0.357 e. The normalized spacial score (nSPS) is 9.57. The van der Waals surface area contributed by atoms with Gasteiger partial charge in [0, 0.05) is 20.1 Å². The molecule has 5 heteroatoms.